The standard InChI is InChI=1S/C15H23NO2/c1-11-8-13(4-5-14(11)17-3)15(9-18-10-15)12(2)6-7-16/h4-5,8,12H,6-7,9-10,16H2,1-3H3. The normalized spacial score (nSPS) is 19.1. The molecule has 1 aromatic rings. The van der Waals surface area contributed by atoms with E-state index in [9.17, 15) is 0 Å². The molecule has 1 aliphatic rings. The lowest BCUT2D eigenvalue weighted by molar-refractivity contribution is -0.0883. The van der Waals surface area contributed by atoms with Crippen LogP contribution in [-0.4, -0.2) is 26.9 Å². The minimum absolute atomic E-state index is 0.149. The zero-order valence-corrected chi connectivity index (χ0v) is 11.5. The van der Waals surface area contributed by atoms with Crippen LogP contribution in [0.5, 0.6) is 5.75 Å². The van der Waals surface area contributed by atoms with E-state index in [-0.39, 0.29) is 5.41 Å². The molecular formula is C15H23NO2. The van der Waals surface area contributed by atoms with Crippen molar-refractivity contribution >= 4 is 0 Å². The van der Waals surface area contributed by atoms with Crippen molar-refractivity contribution in [3.63, 3.8) is 0 Å². The van der Waals surface area contributed by atoms with Gasteiger partial charge in [-0.05, 0) is 43.0 Å². The zero-order valence-electron chi connectivity index (χ0n) is 11.5. The lowest BCUT2D eigenvalue weighted by atomic mass is 9.68. The van der Waals surface area contributed by atoms with Crippen LogP contribution in [0.4, 0.5) is 0 Å². The molecule has 1 aromatic carbocycles. The second kappa shape index (κ2) is 5.29. The highest BCUT2D eigenvalue weighted by Gasteiger charge is 2.44. The van der Waals surface area contributed by atoms with Crippen molar-refractivity contribution in [2.45, 2.75) is 25.7 Å². The number of aryl methyl sites for hydroxylation is 1. The van der Waals surface area contributed by atoms with Crippen LogP contribution in [0.25, 0.3) is 0 Å². The van der Waals surface area contributed by atoms with E-state index < -0.39 is 0 Å². The second-order valence-electron chi connectivity index (χ2n) is 5.31. The van der Waals surface area contributed by atoms with Crippen molar-refractivity contribution in [1.82, 2.24) is 0 Å². The molecule has 1 fully saturated rings. The first-order chi connectivity index (χ1) is 8.64. The maximum atomic E-state index is 5.70. The van der Waals surface area contributed by atoms with E-state index in [2.05, 4.69) is 32.0 Å². The highest BCUT2D eigenvalue weighted by atomic mass is 16.5. The van der Waals surface area contributed by atoms with Crippen molar-refractivity contribution in [2.24, 2.45) is 11.7 Å². The van der Waals surface area contributed by atoms with Crippen LogP contribution in [0.3, 0.4) is 0 Å². The smallest absolute Gasteiger partial charge is 0.121 e. The first-order valence-electron chi connectivity index (χ1n) is 6.57. The fourth-order valence-corrected chi connectivity index (χ4v) is 2.77. The number of rotatable bonds is 5. The molecule has 1 saturated heterocycles. The van der Waals surface area contributed by atoms with Crippen molar-refractivity contribution in [3.05, 3.63) is 29.3 Å². The largest absolute Gasteiger partial charge is 0.496 e. The third kappa shape index (κ3) is 2.13. The van der Waals surface area contributed by atoms with Gasteiger partial charge in [0, 0.05) is 5.41 Å². The van der Waals surface area contributed by atoms with E-state index >= 15 is 0 Å². The van der Waals surface area contributed by atoms with Crippen molar-refractivity contribution in [1.29, 1.82) is 0 Å². The Labute approximate surface area is 109 Å². The van der Waals surface area contributed by atoms with E-state index in [0.717, 1.165) is 31.9 Å². The summed E-state index contributed by atoms with van der Waals surface area (Å²) in [4.78, 5) is 0. The van der Waals surface area contributed by atoms with Crippen molar-refractivity contribution in [3.8, 4) is 5.75 Å². The summed E-state index contributed by atoms with van der Waals surface area (Å²) in [6.45, 7) is 6.70. The Morgan fingerprint density at radius 3 is 2.61 bits per heavy atom. The number of hydrogen-bond donors (Lipinski definition) is 1. The minimum atomic E-state index is 0.149. The summed E-state index contributed by atoms with van der Waals surface area (Å²) in [5, 5.41) is 0. The van der Waals surface area contributed by atoms with Gasteiger partial charge in [-0.15, -0.1) is 0 Å². The summed E-state index contributed by atoms with van der Waals surface area (Å²) in [7, 11) is 1.71. The van der Waals surface area contributed by atoms with Gasteiger partial charge in [-0.25, -0.2) is 0 Å². The first-order valence-corrected chi connectivity index (χ1v) is 6.57. The van der Waals surface area contributed by atoms with Crippen molar-refractivity contribution < 1.29 is 9.47 Å². The summed E-state index contributed by atoms with van der Waals surface area (Å²) in [5.74, 6) is 1.49. The first kappa shape index (κ1) is 13.4. The van der Waals surface area contributed by atoms with Gasteiger partial charge in [-0.1, -0.05) is 19.1 Å². The van der Waals surface area contributed by atoms with E-state index in [1.807, 2.05) is 0 Å². The molecule has 0 aromatic heterocycles. The molecule has 100 valence electrons. The SMILES string of the molecule is COc1ccc(C2(C(C)CCN)COC2)cc1C. The van der Waals surface area contributed by atoms with Crippen LogP contribution >= 0.6 is 0 Å². The van der Waals surface area contributed by atoms with Crippen LogP contribution in [-0.2, 0) is 10.2 Å². The number of methoxy groups -OCH3 is 1. The van der Waals surface area contributed by atoms with Gasteiger partial charge in [-0.3, -0.25) is 0 Å². The molecule has 3 heteroatoms. The lowest BCUT2D eigenvalue weighted by Crippen LogP contribution is -2.52. The average molecular weight is 249 g/mol. The van der Waals surface area contributed by atoms with E-state index in [0.29, 0.717) is 5.92 Å². The van der Waals surface area contributed by atoms with Crippen LogP contribution in [0, 0.1) is 12.8 Å². The third-order valence-electron chi connectivity index (χ3n) is 4.23. The molecule has 1 atom stereocenters. The molecule has 0 spiro atoms. The average Bonchev–Trinajstić information content (AvgIpc) is 2.28. The maximum absolute atomic E-state index is 5.70. The molecule has 0 aliphatic carbocycles. The number of nitrogens with two attached hydrogens (primary N) is 1. The molecule has 0 bridgehead atoms. The summed E-state index contributed by atoms with van der Waals surface area (Å²) < 4.78 is 10.8. The molecule has 1 heterocycles. The van der Waals surface area contributed by atoms with Gasteiger partial charge in [0.1, 0.15) is 5.75 Å². The molecule has 2 N–H and O–H groups in total. The predicted molar refractivity (Wildman–Crippen MR) is 73.1 cm³/mol. The minimum Gasteiger partial charge on any atom is -0.496 e. The molecule has 0 amide bonds. The fourth-order valence-electron chi connectivity index (χ4n) is 2.77. The number of benzene rings is 1. The Morgan fingerprint density at radius 2 is 2.17 bits per heavy atom. The van der Waals surface area contributed by atoms with Gasteiger partial charge in [0.05, 0.1) is 20.3 Å². The Bertz CT molecular complexity index is 413. The lowest BCUT2D eigenvalue weighted by Gasteiger charge is -2.46. The molecule has 3 nitrogen and oxygen atoms in total. The maximum Gasteiger partial charge on any atom is 0.121 e. The molecule has 0 radical (unpaired) electrons. The zero-order chi connectivity index (χ0) is 13.2. The summed E-state index contributed by atoms with van der Waals surface area (Å²) in [6, 6.07) is 6.45. The van der Waals surface area contributed by atoms with Crippen LogP contribution in [0.15, 0.2) is 18.2 Å². The third-order valence-corrected chi connectivity index (χ3v) is 4.23. The van der Waals surface area contributed by atoms with E-state index in [1.165, 1.54) is 11.1 Å². The van der Waals surface area contributed by atoms with Crippen molar-refractivity contribution in [2.75, 3.05) is 26.9 Å². The molecular weight excluding hydrogens is 226 g/mol. The molecule has 1 unspecified atom stereocenters. The monoisotopic (exact) mass is 249 g/mol. The van der Waals surface area contributed by atoms with E-state index in [4.69, 9.17) is 15.2 Å². The quantitative estimate of drug-likeness (QED) is 0.870. The van der Waals surface area contributed by atoms with Gasteiger partial charge in [0.2, 0.25) is 0 Å². The Balaban J connectivity index is 2.30. The van der Waals surface area contributed by atoms with Gasteiger partial charge in [0.25, 0.3) is 0 Å². The van der Waals surface area contributed by atoms with Crippen LogP contribution < -0.4 is 10.5 Å². The topological polar surface area (TPSA) is 44.5 Å². The summed E-state index contributed by atoms with van der Waals surface area (Å²) in [5.41, 5.74) is 8.38. The molecule has 2 rings (SSSR count). The van der Waals surface area contributed by atoms with Gasteiger partial charge < -0.3 is 15.2 Å². The summed E-state index contributed by atoms with van der Waals surface area (Å²) >= 11 is 0. The number of hydrogen-bond acceptors (Lipinski definition) is 3. The number of ether oxygens (including phenoxy) is 2. The van der Waals surface area contributed by atoms with Gasteiger partial charge in [0.15, 0.2) is 0 Å². The highest BCUT2D eigenvalue weighted by molar-refractivity contribution is 5.40. The Kier molecular flexibility index (Phi) is 3.93. The second-order valence-corrected chi connectivity index (χ2v) is 5.31. The Hall–Kier alpha value is -1.06. The molecule has 0 saturated carbocycles. The predicted octanol–water partition coefficient (Wildman–Crippen LogP) is 2.26. The molecule has 18 heavy (non-hydrogen) atoms. The van der Waals surface area contributed by atoms with Crippen LogP contribution in [0.1, 0.15) is 24.5 Å². The van der Waals surface area contributed by atoms with E-state index in [1.54, 1.807) is 7.11 Å². The fraction of sp³-hybridized carbons (Fsp3) is 0.600. The highest BCUT2D eigenvalue weighted by Crippen LogP contribution is 2.41. The van der Waals surface area contributed by atoms with Gasteiger partial charge in [-0.2, -0.15) is 0 Å². The molecule has 1 aliphatic heterocycles. The van der Waals surface area contributed by atoms with Gasteiger partial charge >= 0.3 is 0 Å². The Morgan fingerprint density at radius 1 is 1.44 bits per heavy atom. The summed E-state index contributed by atoms with van der Waals surface area (Å²) in [6.07, 6.45) is 1.04. The van der Waals surface area contributed by atoms with Crippen LogP contribution in [0.2, 0.25) is 0 Å².